The lowest BCUT2D eigenvalue weighted by molar-refractivity contribution is -0.123. The first kappa shape index (κ1) is 24.7. The number of nitrogens with zero attached hydrogens (tertiary/aromatic N) is 3. The lowest BCUT2D eigenvalue weighted by Gasteiger charge is -2.20. The highest BCUT2D eigenvalue weighted by molar-refractivity contribution is 8.26. The first-order valence-electron chi connectivity index (χ1n) is 11.6. The van der Waals surface area contributed by atoms with Gasteiger partial charge in [-0.05, 0) is 62.2 Å². The van der Waals surface area contributed by atoms with Gasteiger partial charge in [-0.1, -0.05) is 42.2 Å². The molecule has 0 radical (unpaired) electrons. The summed E-state index contributed by atoms with van der Waals surface area (Å²) >= 11 is 6.69. The predicted molar refractivity (Wildman–Crippen MR) is 147 cm³/mol. The minimum Gasteiger partial charge on any atom is -0.494 e. The van der Waals surface area contributed by atoms with Crippen LogP contribution in [0.5, 0.6) is 5.75 Å². The fourth-order valence-electron chi connectivity index (χ4n) is 4.49. The molecule has 2 aliphatic heterocycles. The highest BCUT2D eigenvalue weighted by atomic mass is 32.2. The summed E-state index contributed by atoms with van der Waals surface area (Å²) < 4.78 is 31.8. The SMILES string of the molecule is CCOc1ccc(-c2nn(-c3ccccc3)cc2/C=C2/SC(=S)N([C@@H]3CCS(=O)(=O)C3)C2=O)c(C)c1. The second-order valence-corrected chi connectivity index (χ2v) is 12.6. The predicted octanol–water partition coefficient (Wildman–Crippen LogP) is 4.63. The molecule has 186 valence electrons. The molecule has 7 nitrogen and oxygen atoms in total. The molecule has 1 atom stereocenters. The molecule has 0 spiro atoms. The van der Waals surface area contributed by atoms with Crippen LogP contribution in [-0.2, 0) is 14.6 Å². The Morgan fingerprint density at radius 1 is 1.22 bits per heavy atom. The second kappa shape index (κ2) is 9.84. The molecule has 10 heteroatoms. The van der Waals surface area contributed by atoms with Gasteiger partial charge in [-0.3, -0.25) is 9.69 Å². The van der Waals surface area contributed by atoms with Crippen molar-refractivity contribution in [3.05, 3.63) is 70.8 Å². The summed E-state index contributed by atoms with van der Waals surface area (Å²) in [6.45, 7) is 4.53. The van der Waals surface area contributed by atoms with Crippen molar-refractivity contribution in [3.63, 3.8) is 0 Å². The molecule has 2 aromatic carbocycles. The number of carbonyl (C=O) groups is 1. The monoisotopic (exact) mass is 539 g/mol. The van der Waals surface area contributed by atoms with Crippen LogP contribution in [-0.4, -0.2) is 57.5 Å². The summed E-state index contributed by atoms with van der Waals surface area (Å²) in [4.78, 5) is 15.3. The van der Waals surface area contributed by atoms with Crippen molar-refractivity contribution in [1.82, 2.24) is 14.7 Å². The van der Waals surface area contributed by atoms with Gasteiger partial charge in [0.15, 0.2) is 9.84 Å². The molecule has 0 saturated carbocycles. The minimum atomic E-state index is -3.14. The van der Waals surface area contributed by atoms with Crippen molar-refractivity contribution in [1.29, 1.82) is 0 Å². The van der Waals surface area contributed by atoms with Gasteiger partial charge in [0.05, 0.1) is 34.7 Å². The van der Waals surface area contributed by atoms with E-state index in [1.54, 1.807) is 10.8 Å². The van der Waals surface area contributed by atoms with E-state index in [1.165, 1.54) is 16.7 Å². The van der Waals surface area contributed by atoms with Crippen LogP contribution in [0.1, 0.15) is 24.5 Å². The zero-order valence-electron chi connectivity index (χ0n) is 19.9. The molecule has 0 aliphatic carbocycles. The smallest absolute Gasteiger partial charge is 0.266 e. The van der Waals surface area contributed by atoms with Crippen LogP contribution in [0.3, 0.4) is 0 Å². The number of thiocarbonyl (C=S) groups is 1. The maximum Gasteiger partial charge on any atom is 0.266 e. The molecule has 3 aromatic rings. The Morgan fingerprint density at radius 3 is 2.67 bits per heavy atom. The molecule has 0 N–H and O–H groups in total. The van der Waals surface area contributed by atoms with Crippen molar-refractivity contribution in [2.45, 2.75) is 26.3 Å². The number of hydrogen-bond donors (Lipinski definition) is 0. The number of thioether (sulfide) groups is 1. The molecular formula is C26H25N3O4S3. The van der Waals surface area contributed by atoms with Gasteiger partial charge in [0.1, 0.15) is 15.8 Å². The average Bonchev–Trinajstić information content (AvgIpc) is 3.50. The quantitative estimate of drug-likeness (QED) is 0.334. The largest absolute Gasteiger partial charge is 0.494 e. The van der Waals surface area contributed by atoms with Crippen LogP contribution in [0.15, 0.2) is 59.6 Å². The highest BCUT2D eigenvalue weighted by Gasteiger charge is 2.42. The Labute approximate surface area is 220 Å². The number of ether oxygens (including phenoxy) is 1. The summed E-state index contributed by atoms with van der Waals surface area (Å²) in [5.41, 5.74) is 4.32. The first-order chi connectivity index (χ1) is 17.3. The van der Waals surface area contributed by atoms with Crippen molar-refractivity contribution in [3.8, 4) is 22.7 Å². The molecule has 2 fully saturated rings. The van der Waals surface area contributed by atoms with E-state index in [0.29, 0.717) is 22.3 Å². The first-order valence-corrected chi connectivity index (χ1v) is 14.7. The number of carbonyl (C=O) groups excluding carboxylic acids is 1. The van der Waals surface area contributed by atoms with Gasteiger partial charge in [0.2, 0.25) is 0 Å². The fourth-order valence-corrected chi connectivity index (χ4v) is 7.58. The Bertz CT molecular complexity index is 1480. The standard InChI is InChI=1S/C26H25N3O4S3/c1-3-33-21-9-10-22(17(2)13-21)24-18(15-28(27-24)19-7-5-4-6-8-19)14-23-25(30)29(26(34)35-23)20-11-12-36(31,32)16-20/h4-10,13-15,20H,3,11-12,16H2,1-2H3/b23-14+/t20-/m1/s1. The molecule has 5 rings (SSSR count). The topological polar surface area (TPSA) is 81.5 Å². The molecule has 1 amide bonds. The lowest BCUT2D eigenvalue weighted by atomic mass is 10.0. The van der Waals surface area contributed by atoms with Gasteiger partial charge < -0.3 is 4.74 Å². The van der Waals surface area contributed by atoms with E-state index in [0.717, 1.165) is 33.8 Å². The maximum atomic E-state index is 13.3. The van der Waals surface area contributed by atoms with E-state index in [9.17, 15) is 13.2 Å². The number of aromatic nitrogens is 2. The Morgan fingerprint density at radius 2 is 2.00 bits per heavy atom. The highest BCUT2D eigenvalue weighted by Crippen LogP contribution is 2.38. The third-order valence-corrected chi connectivity index (χ3v) is 9.29. The number of sulfone groups is 1. The van der Waals surface area contributed by atoms with E-state index in [4.69, 9.17) is 22.1 Å². The van der Waals surface area contributed by atoms with Gasteiger partial charge in [-0.25, -0.2) is 13.1 Å². The van der Waals surface area contributed by atoms with Crippen LogP contribution in [0, 0.1) is 6.92 Å². The van der Waals surface area contributed by atoms with Crippen LogP contribution >= 0.6 is 24.0 Å². The molecule has 36 heavy (non-hydrogen) atoms. The zero-order chi connectivity index (χ0) is 25.4. The third-order valence-electron chi connectivity index (χ3n) is 6.21. The Kier molecular flexibility index (Phi) is 6.76. The number of hydrogen-bond acceptors (Lipinski definition) is 7. The van der Waals surface area contributed by atoms with Crippen LogP contribution in [0.2, 0.25) is 0 Å². The van der Waals surface area contributed by atoms with Gasteiger partial charge >= 0.3 is 0 Å². The number of amides is 1. The average molecular weight is 540 g/mol. The molecular weight excluding hydrogens is 515 g/mol. The second-order valence-electron chi connectivity index (χ2n) is 8.73. The summed E-state index contributed by atoms with van der Waals surface area (Å²) in [7, 11) is -3.14. The Hall–Kier alpha value is -2.95. The normalized spacial score (nSPS) is 20.4. The van der Waals surface area contributed by atoms with Crippen LogP contribution in [0.4, 0.5) is 0 Å². The maximum absolute atomic E-state index is 13.3. The molecule has 3 heterocycles. The molecule has 0 unspecified atom stereocenters. The Balaban J connectivity index is 1.56. The van der Waals surface area contributed by atoms with E-state index in [-0.39, 0.29) is 17.4 Å². The van der Waals surface area contributed by atoms with Crippen LogP contribution < -0.4 is 4.74 Å². The van der Waals surface area contributed by atoms with E-state index in [2.05, 4.69) is 0 Å². The van der Waals surface area contributed by atoms with Gasteiger partial charge in [-0.2, -0.15) is 5.10 Å². The molecule has 0 bridgehead atoms. The summed E-state index contributed by atoms with van der Waals surface area (Å²) in [5, 5.41) is 4.87. The number of rotatable bonds is 6. The summed E-state index contributed by atoms with van der Waals surface area (Å²) in [6.07, 6.45) is 4.11. The van der Waals surface area contributed by atoms with Crippen molar-refractivity contribution >= 4 is 50.1 Å². The van der Waals surface area contributed by atoms with E-state index < -0.39 is 15.9 Å². The lowest BCUT2D eigenvalue weighted by Crippen LogP contribution is -2.39. The van der Waals surface area contributed by atoms with Gasteiger partial charge in [0, 0.05) is 17.3 Å². The molecule has 2 aliphatic rings. The van der Waals surface area contributed by atoms with E-state index >= 15 is 0 Å². The van der Waals surface area contributed by atoms with Crippen molar-refractivity contribution in [2.24, 2.45) is 0 Å². The summed E-state index contributed by atoms with van der Waals surface area (Å²) in [6, 6.07) is 15.2. The number of aryl methyl sites for hydroxylation is 1. The van der Waals surface area contributed by atoms with Crippen LogP contribution in [0.25, 0.3) is 23.0 Å². The third kappa shape index (κ3) is 4.85. The zero-order valence-corrected chi connectivity index (χ0v) is 22.3. The molecule has 1 aromatic heterocycles. The van der Waals surface area contributed by atoms with E-state index in [1.807, 2.05) is 68.6 Å². The number of para-hydroxylation sites is 1. The van der Waals surface area contributed by atoms with Crippen molar-refractivity contribution in [2.75, 3.05) is 18.1 Å². The van der Waals surface area contributed by atoms with Gasteiger partial charge in [-0.15, -0.1) is 0 Å². The number of benzene rings is 2. The minimum absolute atomic E-state index is 0.0463. The fraction of sp³-hybridized carbons (Fsp3) is 0.269. The van der Waals surface area contributed by atoms with Crippen molar-refractivity contribution < 1.29 is 17.9 Å². The summed E-state index contributed by atoms with van der Waals surface area (Å²) in [5.74, 6) is 0.567. The van der Waals surface area contributed by atoms with Gasteiger partial charge in [0.25, 0.3) is 5.91 Å². The molecule has 2 saturated heterocycles.